The number of hydrogen-bond acceptors (Lipinski definition) is 4. The molecule has 92 valence electrons. The Bertz CT molecular complexity index is 440. The van der Waals surface area contributed by atoms with Gasteiger partial charge >= 0.3 is 0 Å². The molecule has 2 heterocycles. The van der Waals surface area contributed by atoms with E-state index in [0.717, 1.165) is 28.9 Å². The summed E-state index contributed by atoms with van der Waals surface area (Å²) in [4.78, 5) is 5.52. The van der Waals surface area contributed by atoms with Crippen molar-refractivity contribution in [3.8, 4) is 0 Å². The number of aromatic nitrogens is 1. The molecular formula is C12H15BrN2OS. The Balaban J connectivity index is 2.32. The van der Waals surface area contributed by atoms with E-state index in [4.69, 9.17) is 4.42 Å². The quantitative estimate of drug-likeness (QED) is 0.909. The summed E-state index contributed by atoms with van der Waals surface area (Å²) in [5, 5.41) is 3.50. The van der Waals surface area contributed by atoms with Crippen molar-refractivity contribution in [1.82, 2.24) is 10.3 Å². The number of hydrogen-bond donors (Lipinski definition) is 1. The summed E-state index contributed by atoms with van der Waals surface area (Å²) in [5.41, 5.74) is 2.94. The average Bonchev–Trinajstić information content (AvgIpc) is 2.90. The lowest BCUT2D eigenvalue weighted by Crippen LogP contribution is -2.22. The van der Waals surface area contributed by atoms with E-state index in [0.29, 0.717) is 0 Å². The lowest BCUT2D eigenvalue weighted by molar-refractivity contribution is 0.446. The van der Waals surface area contributed by atoms with Crippen LogP contribution in [0.25, 0.3) is 0 Å². The van der Waals surface area contributed by atoms with Crippen LogP contribution in [0.3, 0.4) is 0 Å². The molecule has 5 heteroatoms. The molecule has 1 N–H and O–H groups in total. The molecule has 2 aromatic heterocycles. The fourth-order valence-corrected chi connectivity index (χ4v) is 3.00. The molecule has 0 saturated heterocycles. The topological polar surface area (TPSA) is 38.1 Å². The van der Waals surface area contributed by atoms with Crippen LogP contribution in [-0.2, 0) is 0 Å². The van der Waals surface area contributed by atoms with Gasteiger partial charge in [-0.25, -0.2) is 4.98 Å². The molecule has 0 radical (unpaired) electrons. The Labute approximate surface area is 113 Å². The maximum atomic E-state index is 5.57. The fraction of sp³-hybridized carbons (Fsp3) is 0.417. The van der Waals surface area contributed by atoms with Gasteiger partial charge in [0.2, 0.25) is 0 Å². The predicted octanol–water partition coefficient (Wildman–Crippen LogP) is 3.90. The molecule has 1 atom stereocenters. The molecule has 2 rings (SSSR count). The van der Waals surface area contributed by atoms with Crippen LogP contribution >= 0.6 is 27.3 Å². The molecule has 0 bridgehead atoms. The molecule has 0 amide bonds. The summed E-state index contributed by atoms with van der Waals surface area (Å²) in [6, 6.07) is 2.01. The number of halogens is 1. The van der Waals surface area contributed by atoms with Crippen molar-refractivity contribution in [3.05, 3.63) is 38.6 Å². The van der Waals surface area contributed by atoms with Crippen LogP contribution < -0.4 is 5.32 Å². The first-order chi connectivity index (χ1) is 8.24. The number of aryl methyl sites for hydroxylation is 1. The van der Waals surface area contributed by atoms with Crippen molar-refractivity contribution in [3.63, 3.8) is 0 Å². The highest BCUT2D eigenvalue weighted by Crippen LogP contribution is 2.33. The predicted molar refractivity (Wildman–Crippen MR) is 73.4 cm³/mol. The summed E-state index contributed by atoms with van der Waals surface area (Å²) >= 11 is 5.18. The summed E-state index contributed by atoms with van der Waals surface area (Å²) in [6.07, 6.45) is 2.79. The molecule has 0 aliphatic rings. The molecule has 0 aliphatic carbocycles. The van der Waals surface area contributed by atoms with Gasteiger partial charge in [-0.1, -0.05) is 6.92 Å². The van der Waals surface area contributed by atoms with Crippen LogP contribution in [0.1, 0.15) is 35.7 Å². The van der Waals surface area contributed by atoms with Crippen LogP contribution in [0.2, 0.25) is 0 Å². The zero-order valence-corrected chi connectivity index (χ0v) is 12.3. The van der Waals surface area contributed by atoms with E-state index in [1.54, 1.807) is 17.6 Å². The third kappa shape index (κ3) is 2.78. The lowest BCUT2D eigenvalue weighted by atomic mass is 10.1. The summed E-state index contributed by atoms with van der Waals surface area (Å²) < 4.78 is 6.57. The fourth-order valence-electron chi connectivity index (χ4n) is 1.69. The highest BCUT2D eigenvalue weighted by Gasteiger charge is 2.22. The van der Waals surface area contributed by atoms with Crippen molar-refractivity contribution in [2.45, 2.75) is 26.3 Å². The lowest BCUT2D eigenvalue weighted by Gasteiger charge is -2.16. The van der Waals surface area contributed by atoms with E-state index in [1.807, 2.05) is 18.5 Å². The Hall–Kier alpha value is -0.650. The van der Waals surface area contributed by atoms with Gasteiger partial charge in [-0.05, 0) is 41.9 Å². The standard InChI is InChI=1S/C12H15BrN2OS/c1-3-5-14-10(11-9(13)4-6-16-11)12-8(2)15-7-17-12/h4,6-7,10,14H,3,5H2,1-2H3. The minimum atomic E-state index is 0.0897. The van der Waals surface area contributed by atoms with E-state index in [2.05, 4.69) is 33.2 Å². The molecule has 0 aromatic carbocycles. The van der Waals surface area contributed by atoms with Crippen molar-refractivity contribution < 1.29 is 4.42 Å². The maximum absolute atomic E-state index is 5.57. The van der Waals surface area contributed by atoms with Gasteiger partial charge in [0.05, 0.1) is 26.8 Å². The minimum absolute atomic E-state index is 0.0897. The number of nitrogens with one attached hydrogen (secondary N) is 1. The second-order valence-corrected chi connectivity index (χ2v) is 5.56. The van der Waals surface area contributed by atoms with Crippen molar-refractivity contribution in [1.29, 1.82) is 0 Å². The van der Waals surface area contributed by atoms with Gasteiger partial charge < -0.3 is 9.73 Å². The second-order valence-electron chi connectivity index (χ2n) is 3.82. The van der Waals surface area contributed by atoms with Crippen LogP contribution in [-0.4, -0.2) is 11.5 Å². The summed E-state index contributed by atoms with van der Waals surface area (Å²) in [7, 11) is 0. The highest BCUT2D eigenvalue weighted by molar-refractivity contribution is 9.10. The van der Waals surface area contributed by atoms with Crippen LogP contribution in [0, 0.1) is 6.92 Å². The molecule has 1 unspecified atom stereocenters. The van der Waals surface area contributed by atoms with E-state index in [1.165, 1.54) is 4.88 Å². The molecule has 2 aromatic rings. The molecule has 0 saturated carbocycles. The van der Waals surface area contributed by atoms with Gasteiger partial charge in [-0.3, -0.25) is 0 Å². The molecule has 0 spiro atoms. The smallest absolute Gasteiger partial charge is 0.140 e. The van der Waals surface area contributed by atoms with Crippen molar-refractivity contribution in [2.75, 3.05) is 6.54 Å². The highest BCUT2D eigenvalue weighted by atomic mass is 79.9. The molecule has 17 heavy (non-hydrogen) atoms. The van der Waals surface area contributed by atoms with Gasteiger partial charge in [0.25, 0.3) is 0 Å². The first-order valence-corrected chi connectivity index (χ1v) is 7.27. The van der Waals surface area contributed by atoms with E-state index >= 15 is 0 Å². The first-order valence-electron chi connectivity index (χ1n) is 5.60. The van der Waals surface area contributed by atoms with Crippen LogP contribution in [0.5, 0.6) is 0 Å². The monoisotopic (exact) mass is 314 g/mol. The summed E-state index contributed by atoms with van der Waals surface area (Å²) in [5.74, 6) is 0.922. The van der Waals surface area contributed by atoms with Gasteiger partial charge in [0.1, 0.15) is 11.8 Å². The Morgan fingerprint density at radius 3 is 2.94 bits per heavy atom. The average molecular weight is 315 g/mol. The zero-order valence-electron chi connectivity index (χ0n) is 9.87. The van der Waals surface area contributed by atoms with Gasteiger partial charge in [-0.15, -0.1) is 11.3 Å². The second kappa shape index (κ2) is 5.80. The first kappa shape index (κ1) is 12.8. The molecule has 3 nitrogen and oxygen atoms in total. The van der Waals surface area contributed by atoms with Gasteiger partial charge in [-0.2, -0.15) is 0 Å². The number of thiazole rings is 1. The third-order valence-electron chi connectivity index (χ3n) is 2.55. The largest absolute Gasteiger partial charge is 0.466 e. The normalized spacial score (nSPS) is 12.9. The third-order valence-corrected chi connectivity index (χ3v) is 4.20. The minimum Gasteiger partial charge on any atom is -0.466 e. The van der Waals surface area contributed by atoms with E-state index in [9.17, 15) is 0 Å². The van der Waals surface area contributed by atoms with Crippen LogP contribution in [0.4, 0.5) is 0 Å². The number of nitrogens with zero attached hydrogens (tertiary/aromatic N) is 1. The van der Waals surface area contributed by atoms with Gasteiger partial charge in [0, 0.05) is 0 Å². The number of furan rings is 1. The molecule has 0 aliphatic heterocycles. The van der Waals surface area contributed by atoms with E-state index in [-0.39, 0.29) is 6.04 Å². The Kier molecular flexibility index (Phi) is 4.36. The van der Waals surface area contributed by atoms with Gasteiger partial charge in [0.15, 0.2) is 0 Å². The van der Waals surface area contributed by atoms with Crippen molar-refractivity contribution in [2.24, 2.45) is 0 Å². The van der Waals surface area contributed by atoms with Crippen LogP contribution in [0.15, 0.2) is 26.7 Å². The van der Waals surface area contributed by atoms with E-state index < -0.39 is 0 Å². The SMILES string of the molecule is CCCNC(c1occc1Br)c1scnc1C. The maximum Gasteiger partial charge on any atom is 0.140 e. The summed E-state index contributed by atoms with van der Waals surface area (Å²) in [6.45, 7) is 5.14. The zero-order chi connectivity index (χ0) is 12.3. The Morgan fingerprint density at radius 1 is 1.59 bits per heavy atom. The number of rotatable bonds is 5. The Morgan fingerprint density at radius 2 is 2.41 bits per heavy atom. The molecular weight excluding hydrogens is 300 g/mol. The van der Waals surface area contributed by atoms with Crippen molar-refractivity contribution >= 4 is 27.3 Å². The molecule has 0 fully saturated rings.